The number of carbonyl (C=O) groups is 1. The van der Waals surface area contributed by atoms with E-state index >= 15 is 0 Å². The standard InChI is InChI=1S/C18H26ClNO3/c1-12-8-9-14(22-5)16(15(12)19)20-10-6-7-13(11-20)17(21)23-18(2,3)4/h8-9,13H,6-7,10-11H2,1-5H3. The van der Waals surface area contributed by atoms with Crippen molar-refractivity contribution in [1.29, 1.82) is 0 Å². The highest BCUT2D eigenvalue weighted by Gasteiger charge is 2.31. The van der Waals surface area contributed by atoms with Crippen LogP contribution in [-0.4, -0.2) is 31.8 Å². The number of hydrogen-bond acceptors (Lipinski definition) is 4. The van der Waals surface area contributed by atoms with Crippen LogP contribution in [0.25, 0.3) is 0 Å². The van der Waals surface area contributed by atoms with Crippen molar-refractivity contribution in [1.82, 2.24) is 0 Å². The molecule has 1 atom stereocenters. The molecule has 1 saturated heterocycles. The molecule has 0 aliphatic carbocycles. The summed E-state index contributed by atoms with van der Waals surface area (Å²) in [6.45, 7) is 9.12. The summed E-state index contributed by atoms with van der Waals surface area (Å²) in [6.07, 6.45) is 1.77. The second-order valence-electron chi connectivity index (χ2n) is 7.07. The van der Waals surface area contributed by atoms with Gasteiger partial charge in [-0.05, 0) is 52.2 Å². The van der Waals surface area contributed by atoms with Gasteiger partial charge in [0.25, 0.3) is 0 Å². The Morgan fingerprint density at radius 1 is 1.35 bits per heavy atom. The molecule has 1 heterocycles. The first-order valence-electron chi connectivity index (χ1n) is 8.04. The topological polar surface area (TPSA) is 38.8 Å². The number of nitrogens with zero attached hydrogens (tertiary/aromatic N) is 1. The van der Waals surface area contributed by atoms with E-state index in [1.54, 1.807) is 7.11 Å². The van der Waals surface area contributed by atoms with E-state index in [2.05, 4.69) is 4.90 Å². The second kappa shape index (κ2) is 7.00. The molecule has 0 aromatic heterocycles. The van der Waals surface area contributed by atoms with Crippen molar-refractivity contribution in [3.8, 4) is 5.75 Å². The Labute approximate surface area is 143 Å². The molecular formula is C18H26ClNO3. The second-order valence-corrected chi connectivity index (χ2v) is 7.44. The van der Waals surface area contributed by atoms with Crippen LogP contribution in [0, 0.1) is 12.8 Å². The van der Waals surface area contributed by atoms with E-state index in [9.17, 15) is 4.79 Å². The first kappa shape index (κ1) is 17.9. The minimum atomic E-state index is -0.460. The molecule has 2 rings (SSSR count). The van der Waals surface area contributed by atoms with Gasteiger partial charge in [-0.15, -0.1) is 0 Å². The van der Waals surface area contributed by atoms with Gasteiger partial charge in [-0.2, -0.15) is 0 Å². The lowest BCUT2D eigenvalue weighted by Crippen LogP contribution is -2.41. The van der Waals surface area contributed by atoms with Gasteiger partial charge in [0.05, 0.1) is 23.7 Å². The zero-order chi connectivity index (χ0) is 17.2. The number of piperidine rings is 1. The van der Waals surface area contributed by atoms with Gasteiger partial charge in [0.15, 0.2) is 0 Å². The monoisotopic (exact) mass is 339 g/mol. The molecule has 0 radical (unpaired) electrons. The Bertz CT molecular complexity index is 580. The Balaban J connectivity index is 2.22. The maximum Gasteiger partial charge on any atom is 0.311 e. The summed E-state index contributed by atoms with van der Waals surface area (Å²) in [4.78, 5) is 14.5. The number of carbonyl (C=O) groups excluding carboxylic acids is 1. The van der Waals surface area contributed by atoms with Gasteiger partial charge in [0.1, 0.15) is 11.4 Å². The maximum atomic E-state index is 12.4. The molecule has 1 aliphatic heterocycles. The molecule has 0 spiro atoms. The maximum absolute atomic E-state index is 12.4. The summed E-state index contributed by atoms with van der Waals surface area (Å²) < 4.78 is 11.0. The predicted molar refractivity (Wildman–Crippen MR) is 93.5 cm³/mol. The number of methoxy groups -OCH3 is 1. The number of ether oxygens (including phenoxy) is 2. The highest BCUT2D eigenvalue weighted by atomic mass is 35.5. The molecule has 128 valence electrons. The quantitative estimate of drug-likeness (QED) is 0.773. The average Bonchev–Trinajstić information content (AvgIpc) is 2.48. The van der Waals surface area contributed by atoms with E-state index in [1.165, 1.54) is 0 Å². The number of esters is 1. The zero-order valence-corrected chi connectivity index (χ0v) is 15.4. The van der Waals surface area contributed by atoms with Crippen LogP contribution in [0.15, 0.2) is 12.1 Å². The van der Waals surface area contributed by atoms with Gasteiger partial charge in [0, 0.05) is 13.1 Å². The third-order valence-corrected chi connectivity index (χ3v) is 4.45. The lowest BCUT2D eigenvalue weighted by atomic mass is 9.97. The van der Waals surface area contributed by atoms with Crippen LogP contribution in [0.1, 0.15) is 39.2 Å². The van der Waals surface area contributed by atoms with Crippen molar-refractivity contribution in [2.24, 2.45) is 5.92 Å². The van der Waals surface area contributed by atoms with Gasteiger partial charge >= 0.3 is 5.97 Å². The van der Waals surface area contributed by atoms with Gasteiger partial charge in [-0.1, -0.05) is 17.7 Å². The molecule has 23 heavy (non-hydrogen) atoms. The number of rotatable bonds is 3. The summed E-state index contributed by atoms with van der Waals surface area (Å²) >= 11 is 6.51. The number of halogens is 1. The van der Waals surface area contributed by atoms with Crippen molar-refractivity contribution in [2.45, 2.75) is 46.1 Å². The van der Waals surface area contributed by atoms with Crippen LogP contribution in [0.3, 0.4) is 0 Å². The molecule has 4 nitrogen and oxygen atoms in total. The summed E-state index contributed by atoms with van der Waals surface area (Å²) in [5, 5.41) is 0.689. The molecule has 1 aliphatic rings. The van der Waals surface area contributed by atoms with E-state index < -0.39 is 5.60 Å². The SMILES string of the molecule is COc1ccc(C)c(Cl)c1N1CCCC(C(=O)OC(C)(C)C)C1. The highest BCUT2D eigenvalue weighted by molar-refractivity contribution is 6.34. The van der Waals surface area contributed by atoms with Crippen molar-refractivity contribution < 1.29 is 14.3 Å². The molecule has 0 amide bonds. The number of hydrogen-bond donors (Lipinski definition) is 0. The fourth-order valence-electron chi connectivity index (χ4n) is 2.86. The van der Waals surface area contributed by atoms with Crippen LogP contribution in [-0.2, 0) is 9.53 Å². The van der Waals surface area contributed by atoms with Crippen molar-refractivity contribution in [3.05, 3.63) is 22.7 Å². The fraction of sp³-hybridized carbons (Fsp3) is 0.611. The third kappa shape index (κ3) is 4.31. The van der Waals surface area contributed by atoms with Crippen molar-refractivity contribution >= 4 is 23.3 Å². The van der Waals surface area contributed by atoms with E-state index in [1.807, 2.05) is 39.8 Å². The summed E-state index contributed by atoms with van der Waals surface area (Å²) in [5.74, 6) is 0.472. The zero-order valence-electron chi connectivity index (χ0n) is 14.6. The van der Waals surface area contributed by atoms with E-state index in [0.717, 1.165) is 36.4 Å². The summed E-state index contributed by atoms with van der Waals surface area (Å²) in [7, 11) is 1.64. The highest BCUT2D eigenvalue weighted by Crippen LogP contribution is 2.40. The lowest BCUT2D eigenvalue weighted by molar-refractivity contribution is -0.160. The summed E-state index contributed by atoms with van der Waals surface area (Å²) in [6, 6.07) is 3.87. The Morgan fingerprint density at radius 3 is 2.65 bits per heavy atom. The smallest absolute Gasteiger partial charge is 0.311 e. The molecule has 1 aromatic carbocycles. The Morgan fingerprint density at radius 2 is 2.04 bits per heavy atom. The van der Waals surface area contributed by atoms with Gasteiger partial charge < -0.3 is 14.4 Å². The van der Waals surface area contributed by atoms with Crippen molar-refractivity contribution in [3.63, 3.8) is 0 Å². The van der Waals surface area contributed by atoms with Crippen LogP contribution < -0.4 is 9.64 Å². The van der Waals surface area contributed by atoms with Gasteiger partial charge in [0.2, 0.25) is 0 Å². The molecular weight excluding hydrogens is 314 g/mol. The molecule has 0 N–H and O–H groups in total. The molecule has 0 saturated carbocycles. The fourth-order valence-corrected chi connectivity index (χ4v) is 3.14. The first-order valence-corrected chi connectivity index (χ1v) is 8.41. The van der Waals surface area contributed by atoms with Gasteiger partial charge in [-0.3, -0.25) is 4.79 Å². The van der Waals surface area contributed by atoms with E-state index in [4.69, 9.17) is 21.1 Å². The lowest BCUT2D eigenvalue weighted by Gasteiger charge is -2.35. The van der Waals surface area contributed by atoms with E-state index in [0.29, 0.717) is 11.6 Å². The minimum absolute atomic E-state index is 0.134. The van der Waals surface area contributed by atoms with Crippen LogP contribution in [0.2, 0.25) is 5.02 Å². The van der Waals surface area contributed by atoms with Crippen molar-refractivity contribution in [2.75, 3.05) is 25.1 Å². The van der Waals surface area contributed by atoms with Crippen LogP contribution >= 0.6 is 11.6 Å². The largest absolute Gasteiger partial charge is 0.495 e. The number of benzene rings is 1. The number of aryl methyl sites for hydroxylation is 1. The molecule has 0 bridgehead atoms. The summed E-state index contributed by atoms with van der Waals surface area (Å²) in [5.41, 5.74) is 1.42. The number of anilines is 1. The Kier molecular flexibility index (Phi) is 5.45. The van der Waals surface area contributed by atoms with E-state index in [-0.39, 0.29) is 11.9 Å². The molecule has 1 aromatic rings. The molecule has 5 heteroatoms. The average molecular weight is 340 g/mol. The molecule has 1 fully saturated rings. The van der Waals surface area contributed by atoms with Crippen LogP contribution in [0.5, 0.6) is 5.75 Å². The van der Waals surface area contributed by atoms with Crippen LogP contribution in [0.4, 0.5) is 5.69 Å². The van der Waals surface area contributed by atoms with Gasteiger partial charge in [-0.25, -0.2) is 0 Å². The normalized spacial score (nSPS) is 18.7. The Hall–Kier alpha value is -1.42. The molecule has 1 unspecified atom stereocenters. The third-order valence-electron chi connectivity index (χ3n) is 3.97. The minimum Gasteiger partial charge on any atom is -0.495 e. The first-order chi connectivity index (χ1) is 10.7. The predicted octanol–water partition coefficient (Wildman–Crippen LogP) is 4.22.